The van der Waals surface area contributed by atoms with E-state index in [1.807, 2.05) is 56.2 Å². The Morgan fingerprint density at radius 3 is 2.51 bits per heavy atom. The van der Waals surface area contributed by atoms with Crippen LogP contribution in [0.15, 0.2) is 23.6 Å². The number of hydrogen-bond acceptors (Lipinski definition) is 12. The summed E-state index contributed by atoms with van der Waals surface area (Å²) in [5.41, 5.74) is 0.558. The molecule has 2 aromatic heterocycles. The summed E-state index contributed by atoms with van der Waals surface area (Å²) < 4.78 is 24.6. The van der Waals surface area contributed by atoms with E-state index < -0.39 is 35.0 Å². The first-order chi connectivity index (χ1) is 30.0. The van der Waals surface area contributed by atoms with Crippen LogP contribution < -0.4 is 20.1 Å². The molecule has 8 rings (SSSR count). The van der Waals surface area contributed by atoms with Crippen LogP contribution in [0.25, 0.3) is 22.3 Å². The molecular formula is C47H65ClN6O8S. The number of likely N-dealkylation sites (tertiary alicyclic amines) is 1. The smallest absolute Gasteiger partial charge is 0.408 e. The third kappa shape index (κ3) is 10.0. The van der Waals surface area contributed by atoms with Gasteiger partial charge in [-0.25, -0.2) is 14.8 Å². The maximum Gasteiger partial charge on any atom is 0.408 e. The molecule has 3 unspecified atom stereocenters. The molecule has 0 bridgehead atoms. The zero-order valence-corrected chi connectivity index (χ0v) is 39.4. The van der Waals surface area contributed by atoms with Crippen LogP contribution in [0.1, 0.15) is 99.8 Å². The van der Waals surface area contributed by atoms with Gasteiger partial charge in [-0.15, -0.1) is 11.3 Å². The first kappa shape index (κ1) is 45.6. The number of ether oxygens (including phenoxy) is 4. The van der Waals surface area contributed by atoms with E-state index in [9.17, 15) is 19.5 Å². The highest BCUT2D eigenvalue weighted by molar-refractivity contribution is 7.14. The lowest BCUT2D eigenvalue weighted by Crippen LogP contribution is -2.56. The molecule has 3 N–H and O–H groups in total. The lowest BCUT2D eigenvalue weighted by atomic mass is 9.85. The fourth-order valence-electron chi connectivity index (χ4n) is 10.3. The number of morpholine rings is 1. The van der Waals surface area contributed by atoms with Gasteiger partial charge < -0.3 is 39.6 Å². The van der Waals surface area contributed by atoms with Crippen molar-refractivity contribution in [2.45, 2.75) is 130 Å². The van der Waals surface area contributed by atoms with Gasteiger partial charge in [-0.1, -0.05) is 52.6 Å². The number of pyridine rings is 1. The molecule has 0 spiro atoms. The number of fused-ring (bicyclic) bond motifs is 2. The number of nitrogens with one attached hydrogen (secondary N) is 2. The Labute approximate surface area is 380 Å². The van der Waals surface area contributed by atoms with E-state index in [0.717, 1.165) is 44.0 Å². The quantitative estimate of drug-likeness (QED) is 0.119. The number of nitrogens with zero attached hydrogens (tertiary/aromatic N) is 4. The number of amides is 2. The number of halogens is 1. The number of carboxylic acid groups (broad SMARTS) is 1. The molecule has 16 heteroatoms. The van der Waals surface area contributed by atoms with Crippen molar-refractivity contribution in [3.8, 4) is 22.9 Å². The van der Waals surface area contributed by atoms with Crippen LogP contribution in [0.2, 0.25) is 5.02 Å². The summed E-state index contributed by atoms with van der Waals surface area (Å²) in [6, 6.07) is 4.61. The molecule has 5 fully saturated rings. The van der Waals surface area contributed by atoms with Gasteiger partial charge in [0, 0.05) is 55.0 Å². The van der Waals surface area contributed by atoms with Crippen LogP contribution in [0.5, 0.6) is 11.5 Å². The Morgan fingerprint density at radius 2 is 1.84 bits per heavy atom. The minimum atomic E-state index is -0.886. The number of benzene rings is 1. The maximum atomic E-state index is 14.9. The minimum Gasteiger partial charge on any atom is -0.491 e. The minimum absolute atomic E-state index is 0.108. The molecule has 63 heavy (non-hydrogen) atoms. The number of hydrogen-bond donors (Lipinski definition) is 3. The fourth-order valence-corrected chi connectivity index (χ4v) is 11.4. The molecule has 14 nitrogen and oxygen atoms in total. The molecular weight excluding hydrogens is 844 g/mol. The molecule has 2 aliphatic heterocycles. The average Bonchev–Trinajstić information content (AvgIpc) is 3.86. The van der Waals surface area contributed by atoms with Crippen molar-refractivity contribution in [1.82, 2.24) is 25.1 Å². The van der Waals surface area contributed by atoms with Crippen molar-refractivity contribution >= 4 is 56.9 Å². The van der Waals surface area contributed by atoms with Gasteiger partial charge >= 0.3 is 12.1 Å². The standard InChI is InChI=1S/C47H65ClN6O8S/c1-8-28-23-47(28,42(56)57)12-11-30-20-32(25-54(30)41(55)40(45(4,5)6)52-44(58)62-31-19-29-22-46(29,7)24-31)61-37-21-34(35-26-63-43(51-35)49-27(2)3)50-39-33(37)9-10-36(38(39)48)60-18-15-53-13-16-59-17-14-53/h9-10,21,26-32,40H,8,11-20,22-25H2,1-7H3,(H,49,51)(H,52,58)(H,56,57)/t28-,29-,30?,31?,32-,40-,46?,47+/m1/s1. The highest BCUT2D eigenvalue weighted by Crippen LogP contribution is 2.63. The van der Waals surface area contributed by atoms with Gasteiger partial charge in [0.25, 0.3) is 0 Å². The third-order valence-corrected chi connectivity index (χ3v) is 15.4. The second-order valence-electron chi connectivity index (χ2n) is 20.3. The molecule has 1 aromatic carbocycles. The monoisotopic (exact) mass is 908 g/mol. The Balaban J connectivity index is 1.07. The van der Waals surface area contributed by atoms with Gasteiger partial charge in [-0.3, -0.25) is 14.5 Å². The number of anilines is 1. The van der Waals surface area contributed by atoms with E-state index in [-0.39, 0.29) is 42.0 Å². The number of alkyl carbamates (subject to hydrolysis) is 1. The SMILES string of the molecule is CC[C@@H]1C[C@]1(CCC1C[C@@H](Oc2cc(-c3csc(NC(C)C)n3)nc3c(Cl)c(OCCN4CCOCC4)ccc23)CN1C(=O)[C@@H](NC(=O)OC1C[C@@H]2CC2(C)C1)C(C)(C)C)C(=O)O. The number of aliphatic carboxylic acids is 1. The summed E-state index contributed by atoms with van der Waals surface area (Å²) in [6.45, 7) is 18.7. The van der Waals surface area contributed by atoms with Gasteiger partial charge in [0.05, 0.1) is 36.4 Å². The van der Waals surface area contributed by atoms with E-state index in [1.54, 1.807) is 0 Å². The van der Waals surface area contributed by atoms with Crippen molar-refractivity contribution in [1.29, 1.82) is 0 Å². The van der Waals surface area contributed by atoms with Crippen LogP contribution in [-0.4, -0.2) is 119 Å². The zero-order valence-electron chi connectivity index (χ0n) is 37.8. The lowest BCUT2D eigenvalue weighted by molar-refractivity contribution is -0.144. The molecule has 3 aliphatic carbocycles. The highest BCUT2D eigenvalue weighted by Gasteiger charge is 2.59. The second-order valence-corrected chi connectivity index (χ2v) is 21.5. The van der Waals surface area contributed by atoms with Crippen LogP contribution >= 0.6 is 22.9 Å². The molecule has 0 radical (unpaired) electrons. The van der Waals surface area contributed by atoms with E-state index in [4.69, 9.17) is 40.5 Å². The fraction of sp³-hybridized carbons (Fsp3) is 0.681. The number of carbonyl (C=O) groups is 3. The van der Waals surface area contributed by atoms with Gasteiger partial charge in [0.15, 0.2) is 5.13 Å². The summed E-state index contributed by atoms with van der Waals surface area (Å²) in [7, 11) is 0. The average molecular weight is 910 g/mol. The summed E-state index contributed by atoms with van der Waals surface area (Å²) in [4.78, 5) is 55.0. The van der Waals surface area contributed by atoms with Crippen LogP contribution in [0, 0.1) is 28.1 Å². The van der Waals surface area contributed by atoms with Crippen LogP contribution in [-0.2, 0) is 19.1 Å². The Bertz CT molecular complexity index is 2180. The molecule has 3 saturated carbocycles. The van der Waals surface area contributed by atoms with Crippen molar-refractivity contribution in [2.24, 2.45) is 28.1 Å². The first-order valence-electron chi connectivity index (χ1n) is 22.9. The second kappa shape index (κ2) is 18.2. The largest absolute Gasteiger partial charge is 0.491 e. The number of aromatic nitrogens is 2. The molecule has 5 aliphatic rings. The van der Waals surface area contributed by atoms with Crippen LogP contribution in [0.4, 0.5) is 9.93 Å². The predicted octanol–water partition coefficient (Wildman–Crippen LogP) is 8.50. The van der Waals surface area contributed by atoms with Crippen molar-refractivity contribution in [3.05, 3.63) is 28.6 Å². The molecule has 4 heterocycles. The molecule has 2 saturated heterocycles. The number of carboxylic acids is 1. The zero-order chi connectivity index (χ0) is 44.8. The third-order valence-electron chi connectivity index (χ3n) is 14.2. The van der Waals surface area contributed by atoms with Crippen molar-refractivity contribution in [3.63, 3.8) is 0 Å². The van der Waals surface area contributed by atoms with Gasteiger partial charge in [-0.2, -0.15) is 0 Å². The van der Waals surface area contributed by atoms with Crippen molar-refractivity contribution < 1.29 is 38.4 Å². The molecule has 2 amide bonds. The lowest BCUT2D eigenvalue weighted by Gasteiger charge is -2.36. The predicted molar refractivity (Wildman–Crippen MR) is 244 cm³/mol. The first-order valence-corrected chi connectivity index (χ1v) is 24.2. The Morgan fingerprint density at radius 1 is 1.06 bits per heavy atom. The van der Waals surface area contributed by atoms with E-state index >= 15 is 0 Å². The molecule has 3 aromatic rings. The summed E-state index contributed by atoms with van der Waals surface area (Å²) in [6.07, 6.45) is 4.50. The number of rotatable bonds is 17. The summed E-state index contributed by atoms with van der Waals surface area (Å²) in [5.74, 6) is 0.739. The van der Waals surface area contributed by atoms with Gasteiger partial charge in [0.1, 0.15) is 47.1 Å². The normalized spacial score (nSPS) is 28.5. The number of carbonyl (C=O) groups excluding carboxylic acids is 2. The van der Waals surface area contributed by atoms with Gasteiger partial charge in [-0.05, 0) is 87.2 Å². The van der Waals surface area contributed by atoms with Crippen LogP contribution in [0.3, 0.4) is 0 Å². The molecule has 8 atom stereocenters. The number of thiazole rings is 1. The highest BCUT2D eigenvalue weighted by atomic mass is 35.5. The summed E-state index contributed by atoms with van der Waals surface area (Å²) >= 11 is 8.64. The van der Waals surface area contributed by atoms with E-state index in [2.05, 4.69) is 36.3 Å². The summed E-state index contributed by atoms with van der Waals surface area (Å²) in [5, 5.41) is 20.5. The Hall–Kier alpha value is -3.92. The maximum absolute atomic E-state index is 14.9. The van der Waals surface area contributed by atoms with E-state index in [0.29, 0.717) is 90.2 Å². The van der Waals surface area contributed by atoms with Crippen molar-refractivity contribution in [2.75, 3.05) is 51.3 Å². The Kier molecular flexibility index (Phi) is 13.2. The van der Waals surface area contributed by atoms with Gasteiger partial charge in [0.2, 0.25) is 5.91 Å². The van der Waals surface area contributed by atoms with E-state index in [1.165, 1.54) is 17.8 Å². The topological polar surface area (TPSA) is 165 Å². The molecule has 344 valence electrons.